The van der Waals surface area contributed by atoms with Crippen molar-refractivity contribution >= 4 is 22.2 Å². The van der Waals surface area contributed by atoms with Gasteiger partial charge in [0.25, 0.3) is 0 Å². The Morgan fingerprint density at radius 1 is 1.65 bits per heavy atom. The molecular formula is C11H14N4OS. The van der Waals surface area contributed by atoms with E-state index < -0.39 is 0 Å². The van der Waals surface area contributed by atoms with Crippen molar-refractivity contribution in [3.05, 3.63) is 23.5 Å². The molecule has 0 bridgehead atoms. The molecule has 3 heterocycles. The zero-order valence-electron chi connectivity index (χ0n) is 9.59. The molecule has 0 radical (unpaired) electrons. The molecule has 1 amide bonds. The first-order valence-electron chi connectivity index (χ1n) is 5.67. The summed E-state index contributed by atoms with van der Waals surface area (Å²) in [5.74, 6) is 0.160. The highest BCUT2D eigenvalue weighted by molar-refractivity contribution is 7.15. The SMILES string of the molecule is CC1NCCN(Cc2cn3ccsc3n2)C1=O. The molecule has 0 aromatic carbocycles. The number of carbonyl (C=O) groups excluding carboxylic acids is 1. The van der Waals surface area contributed by atoms with Crippen LogP contribution >= 0.6 is 11.3 Å². The topological polar surface area (TPSA) is 49.6 Å². The Kier molecular flexibility index (Phi) is 2.60. The summed E-state index contributed by atoms with van der Waals surface area (Å²) in [7, 11) is 0. The lowest BCUT2D eigenvalue weighted by atomic mass is 10.2. The number of rotatable bonds is 2. The Balaban J connectivity index is 1.78. The highest BCUT2D eigenvalue weighted by Crippen LogP contribution is 2.14. The molecule has 2 aromatic rings. The lowest BCUT2D eigenvalue weighted by molar-refractivity contribution is -0.135. The van der Waals surface area contributed by atoms with Gasteiger partial charge in [-0.15, -0.1) is 11.3 Å². The van der Waals surface area contributed by atoms with E-state index in [0.29, 0.717) is 6.54 Å². The van der Waals surface area contributed by atoms with Crippen LogP contribution in [0.3, 0.4) is 0 Å². The Morgan fingerprint density at radius 2 is 2.53 bits per heavy atom. The first kappa shape index (κ1) is 10.7. The average Bonchev–Trinajstić information content (AvgIpc) is 2.85. The van der Waals surface area contributed by atoms with Crippen molar-refractivity contribution in [1.82, 2.24) is 19.6 Å². The number of carbonyl (C=O) groups is 1. The summed E-state index contributed by atoms with van der Waals surface area (Å²) >= 11 is 1.61. The van der Waals surface area contributed by atoms with Crippen molar-refractivity contribution in [3.8, 4) is 0 Å². The summed E-state index contributed by atoms with van der Waals surface area (Å²) in [6.07, 6.45) is 3.98. The number of hydrogen-bond acceptors (Lipinski definition) is 4. The molecule has 1 atom stereocenters. The predicted molar refractivity (Wildman–Crippen MR) is 66.0 cm³/mol. The van der Waals surface area contributed by atoms with Gasteiger partial charge in [-0.1, -0.05) is 0 Å². The van der Waals surface area contributed by atoms with E-state index in [1.807, 2.05) is 34.0 Å². The lowest BCUT2D eigenvalue weighted by Crippen LogP contribution is -2.53. The number of piperazine rings is 1. The molecular weight excluding hydrogens is 236 g/mol. The number of hydrogen-bond donors (Lipinski definition) is 1. The molecule has 1 fully saturated rings. The zero-order valence-corrected chi connectivity index (χ0v) is 10.4. The molecule has 3 rings (SSSR count). The van der Waals surface area contributed by atoms with Gasteiger partial charge < -0.3 is 10.2 Å². The zero-order chi connectivity index (χ0) is 11.8. The largest absolute Gasteiger partial charge is 0.334 e. The van der Waals surface area contributed by atoms with E-state index in [-0.39, 0.29) is 11.9 Å². The molecule has 1 N–H and O–H groups in total. The van der Waals surface area contributed by atoms with Gasteiger partial charge >= 0.3 is 0 Å². The summed E-state index contributed by atoms with van der Waals surface area (Å²) in [4.78, 5) is 19.3. The first-order valence-corrected chi connectivity index (χ1v) is 6.55. The van der Waals surface area contributed by atoms with Gasteiger partial charge in [0, 0.05) is 30.9 Å². The predicted octanol–water partition coefficient (Wildman–Crippen LogP) is 0.716. The number of thiazole rings is 1. The van der Waals surface area contributed by atoms with Crippen molar-refractivity contribution in [2.75, 3.05) is 13.1 Å². The van der Waals surface area contributed by atoms with Crippen LogP contribution in [-0.4, -0.2) is 39.3 Å². The Labute approximate surface area is 103 Å². The monoisotopic (exact) mass is 250 g/mol. The van der Waals surface area contributed by atoms with Crippen LogP contribution in [0.2, 0.25) is 0 Å². The van der Waals surface area contributed by atoms with E-state index in [1.165, 1.54) is 0 Å². The first-order chi connectivity index (χ1) is 8.24. The maximum absolute atomic E-state index is 11.9. The third-order valence-electron chi connectivity index (χ3n) is 3.01. The van der Waals surface area contributed by atoms with Crippen molar-refractivity contribution in [3.63, 3.8) is 0 Å². The standard InChI is InChI=1S/C11H14N4OS/c1-8-10(16)14(3-2-12-8)6-9-7-15-4-5-17-11(15)13-9/h4-5,7-8,12H,2-3,6H2,1H3. The molecule has 5 nitrogen and oxygen atoms in total. The molecule has 1 unspecified atom stereocenters. The van der Waals surface area contributed by atoms with Gasteiger partial charge in [-0.3, -0.25) is 9.20 Å². The Morgan fingerprint density at radius 3 is 3.35 bits per heavy atom. The van der Waals surface area contributed by atoms with Gasteiger partial charge in [-0.2, -0.15) is 0 Å². The summed E-state index contributed by atoms with van der Waals surface area (Å²) in [6.45, 7) is 4.13. The Hall–Kier alpha value is -1.40. The van der Waals surface area contributed by atoms with Crippen LogP contribution in [0.1, 0.15) is 12.6 Å². The fourth-order valence-corrected chi connectivity index (χ4v) is 2.81. The summed E-state index contributed by atoms with van der Waals surface area (Å²) in [5.41, 5.74) is 0.958. The van der Waals surface area contributed by atoms with Crippen LogP contribution in [0, 0.1) is 0 Å². The summed E-state index contributed by atoms with van der Waals surface area (Å²) in [6, 6.07) is -0.0764. The molecule has 90 valence electrons. The third-order valence-corrected chi connectivity index (χ3v) is 3.78. The van der Waals surface area contributed by atoms with Gasteiger partial charge in [0.2, 0.25) is 5.91 Å². The van der Waals surface area contributed by atoms with Gasteiger partial charge in [0.05, 0.1) is 18.3 Å². The Bertz CT molecular complexity index is 518. The number of nitrogens with one attached hydrogen (secondary N) is 1. The van der Waals surface area contributed by atoms with Crippen LogP contribution in [0.25, 0.3) is 4.96 Å². The number of aromatic nitrogens is 2. The van der Waals surface area contributed by atoms with Crippen molar-refractivity contribution < 1.29 is 4.79 Å². The van der Waals surface area contributed by atoms with Crippen LogP contribution in [0.5, 0.6) is 0 Å². The van der Waals surface area contributed by atoms with Gasteiger partial charge in [-0.05, 0) is 6.92 Å². The summed E-state index contributed by atoms with van der Waals surface area (Å²) < 4.78 is 2.00. The molecule has 1 saturated heterocycles. The number of amides is 1. The van der Waals surface area contributed by atoms with Crippen molar-refractivity contribution in [1.29, 1.82) is 0 Å². The molecule has 1 aliphatic rings. The van der Waals surface area contributed by atoms with Crippen LogP contribution in [0.15, 0.2) is 17.8 Å². The van der Waals surface area contributed by atoms with E-state index in [2.05, 4.69) is 10.3 Å². The lowest BCUT2D eigenvalue weighted by Gasteiger charge is -2.30. The van der Waals surface area contributed by atoms with Crippen LogP contribution in [-0.2, 0) is 11.3 Å². The van der Waals surface area contributed by atoms with E-state index in [9.17, 15) is 4.79 Å². The average molecular weight is 250 g/mol. The minimum atomic E-state index is -0.0764. The minimum absolute atomic E-state index is 0.0764. The maximum Gasteiger partial charge on any atom is 0.239 e. The van der Waals surface area contributed by atoms with Crippen molar-refractivity contribution in [2.24, 2.45) is 0 Å². The highest BCUT2D eigenvalue weighted by atomic mass is 32.1. The minimum Gasteiger partial charge on any atom is -0.334 e. The van der Waals surface area contributed by atoms with Crippen LogP contribution in [0.4, 0.5) is 0 Å². The van der Waals surface area contributed by atoms with E-state index in [0.717, 1.165) is 23.7 Å². The van der Waals surface area contributed by atoms with Gasteiger partial charge in [0.15, 0.2) is 4.96 Å². The molecule has 17 heavy (non-hydrogen) atoms. The van der Waals surface area contributed by atoms with Gasteiger partial charge in [-0.25, -0.2) is 4.98 Å². The fraction of sp³-hybridized carbons (Fsp3) is 0.455. The highest BCUT2D eigenvalue weighted by Gasteiger charge is 2.25. The molecule has 6 heteroatoms. The van der Waals surface area contributed by atoms with Crippen LogP contribution < -0.4 is 5.32 Å². The normalized spacial score (nSPS) is 21.4. The molecule has 1 aliphatic heterocycles. The number of imidazole rings is 1. The molecule has 0 saturated carbocycles. The second kappa shape index (κ2) is 4.12. The number of nitrogens with zero attached hydrogens (tertiary/aromatic N) is 3. The summed E-state index contributed by atoms with van der Waals surface area (Å²) in [5, 5.41) is 5.16. The molecule has 2 aromatic heterocycles. The second-order valence-corrected chi connectivity index (χ2v) is 5.13. The maximum atomic E-state index is 11.9. The van der Waals surface area contributed by atoms with Crippen molar-refractivity contribution in [2.45, 2.75) is 19.5 Å². The molecule has 0 aliphatic carbocycles. The molecule has 0 spiro atoms. The smallest absolute Gasteiger partial charge is 0.239 e. The number of fused-ring (bicyclic) bond motifs is 1. The second-order valence-electron chi connectivity index (χ2n) is 4.26. The van der Waals surface area contributed by atoms with Gasteiger partial charge in [0.1, 0.15) is 0 Å². The van der Waals surface area contributed by atoms with E-state index in [4.69, 9.17) is 0 Å². The quantitative estimate of drug-likeness (QED) is 0.854. The van der Waals surface area contributed by atoms with E-state index in [1.54, 1.807) is 11.3 Å². The fourth-order valence-electron chi connectivity index (χ4n) is 2.09. The third kappa shape index (κ3) is 1.94. The van der Waals surface area contributed by atoms with E-state index >= 15 is 0 Å².